The van der Waals surface area contributed by atoms with Crippen molar-refractivity contribution in [2.24, 2.45) is 0 Å². The van der Waals surface area contributed by atoms with Crippen molar-refractivity contribution in [3.05, 3.63) is 22.7 Å². The molecule has 0 atom stereocenters. The molecule has 6 heteroatoms. The number of esters is 1. The van der Waals surface area contributed by atoms with E-state index < -0.39 is 0 Å². The molecule has 0 unspecified atom stereocenters. The lowest BCUT2D eigenvalue weighted by atomic mass is 10.2. The number of halogens is 1. The van der Waals surface area contributed by atoms with E-state index in [1.165, 1.54) is 7.11 Å². The van der Waals surface area contributed by atoms with Crippen molar-refractivity contribution in [3.8, 4) is 5.75 Å². The second-order valence-corrected chi connectivity index (χ2v) is 4.56. The summed E-state index contributed by atoms with van der Waals surface area (Å²) >= 11 is 5.98. The Morgan fingerprint density at radius 2 is 2.00 bits per heavy atom. The van der Waals surface area contributed by atoms with Crippen LogP contribution in [0.25, 0.3) is 0 Å². The molecule has 1 N–H and O–H groups in total. The van der Waals surface area contributed by atoms with Gasteiger partial charge in [-0.05, 0) is 25.5 Å². The van der Waals surface area contributed by atoms with Gasteiger partial charge in [-0.25, -0.2) is 0 Å². The van der Waals surface area contributed by atoms with Crippen molar-refractivity contribution in [1.29, 1.82) is 0 Å². The minimum Gasteiger partial charge on any atom is -0.495 e. The Bertz CT molecular complexity index is 502. The van der Waals surface area contributed by atoms with Gasteiger partial charge in [-0.3, -0.25) is 9.59 Å². The number of amides is 1. The number of carbonyl (C=O) groups excluding carboxylic acids is 2. The number of ether oxygens (including phenoxy) is 2. The molecule has 110 valence electrons. The Labute approximate surface area is 123 Å². The fraction of sp³-hybridized carbons (Fsp3) is 0.429. The van der Waals surface area contributed by atoms with E-state index in [1.54, 1.807) is 19.1 Å². The van der Waals surface area contributed by atoms with E-state index in [4.69, 9.17) is 21.1 Å². The SMILES string of the molecule is CCOC(=O)CCC(=O)Nc1cc(C)c(Cl)cc1OC. The molecular formula is C14H18ClNO4. The van der Waals surface area contributed by atoms with Gasteiger partial charge in [0.1, 0.15) is 5.75 Å². The maximum absolute atomic E-state index is 11.8. The largest absolute Gasteiger partial charge is 0.495 e. The lowest BCUT2D eigenvalue weighted by molar-refractivity contribution is -0.144. The first kappa shape index (κ1) is 16.3. The van der Waals surface area contributed by atoms with E-state index in [-0.39, 0.29) is 24.7 Å². The first-order chi connectivity index (χ1) is 9.47. The standard InChI is InChI=1S/C14H18ClNO4/c1-4-20-14(18)6-5-13(17)16-11-7-9(2)10(15)8-12(11)19-3/h7-8H,4-6H2,1-3H3,(H,16,17). The lowest BCUT2D eigenvalue weighted by Gasteiger charge is -2.12. The maximum Gasteiger partial charge on any atom is 0.306 e. The zero-order valence-electron chi connectivity index (χ0n) is 11.8. The first-order valence-electron chi connectivity index (χ1n) is 6.27. The number of methoxy groups -OCH3 is 1. The number of benzene rings is 1. The molecule has 0 spiro atoms. The van der Waals surface area contributed by atoms with Crippen molar-refractivity contribution in [2.45, 2.75) is 26.7 Å². The van der Waals surface area contributed by atoms with E-state index in [0.717, 1.165) is 5.56 Å². The van der Waals surface area contributed by atoms with Crippen molar-refractivity contribution in [1.82, 2.24) is 0 Å². The third-order valence-electron chi connectivity index (χ3n) is 2.62. The summed E-state index contributed by atoms with van der Waals surface area (Å²) in [6, 6.07) is 3.36. The fourth-order valence-corrected chi connectivity index (χ4v) is 1.74. The predicted molar refractivity (Wildman–Crippen MR) is 77.2 cm³/mol. The third kappa shape index (κ3) is 4.74. The van der Waals surface area contributed by atoms with Crippen LogP contribution in [0, 0.1) is 6.92 Å². The second-order valence-electron chi connectivity index (χ2n) is 4.15. The fourth-order valence-electron chi connectivity index (χ4n) is 1.59. The Morgan fingerprint density at radius 3 is 2.60 bits per heavy atom. The quantitative estimate of drug-likeness (QED) is 0.820. The molecule has 0 aliphatic rings. The summed E-state index contributed by atoms with van der Waals surface area (Å²) in [7, 11) is 1.50. The van der Waals surface area contributed by atoms with Gasteiger partial charge < -0.3 is 14.8 Å². The molecule has 1 rings (SSSR count). The number of aryl methyl sites for hydroxylation is 1. The van der Waals surface area contributed by atoms with Gasteiger partial charge >= 0.3 is 5.97 Å². The van der Waals surface area contributed by atoms with Gasteiger partial charge in [-0.15, -0.1) is 0 Å². The highest BCUT2D eigenvalue weighted by Crippen LogP contribution is 2.31. The van der Waals surface area contributed by atoms with Gasteiger partial charge in [0, 0.05) is 17.5 Å². The van der Waals surface area contributed by atoms with Gasteiger partial charge in [0.15, 0.2) is 0 Å². The van der Waals surface area contributed by atoms with E-state index in [9.17, 15) is 9.59 Å². The van der Waals surface area contributed by atoms with Crippen LogP contribution in [-0.2, 0) is 14.3 Å². The Balaban J connectivity index is 2.66. The summed E-state index contributed by atoms with van der Waals surface area (Å²) in [6.45, 7) is 3.86. The van der Waals surface area contributed by atoms with Crippen LogP contribution >= 0.6 is 11.6 Å². The van der Waals surface area contributed by atoms with E-state index in [2.05, 4.69) is 5.32 Å². The molecule has 1 aromatic carbocycles. The highest BCUT2D eigenvalue weighted by Gasteiger charge is 2.12. The first-order valence-corrected chi connectivity index (χ1v) is 6.65. The van der Waals surface area contributed by atoms with Gasteiger partial charge in [-0.2, -0.15) is 0 Å². The number of anilines is 1. The lowest BCUT2D eigenvalue weighted by Crippen LogP contribution is -2.15. The van der Waals surface area contributed by atoms with Gasteiger partial charge in [0.05, 0.1) is 25.8 Å². The molecule has 0 aliphatic carbocycles. The van der Waals surface area contributed by atoms with Crippen LogP contribution in [0.2, 0.25) is 5.02 Å². The minimum atomic E-state index is -0.387. The molecule has 0 aromatic heterocycles. The van der Waals surface area contributed by atoms with Crippen LogP contribution in [0.4, 0.5) is 5.69 Å². The predicted octanol–water partition coefficient (Wildman–Crippen LogP) is 2.94. The summed E-state index contributed by atoms with van der Waals surface area (Å²) < 4.78 is 9.92. The van der Waals surface area contributed by atoms with E-state index in [1.807, 2.05) is 6.92 Å². The highest BCUT2D eigenvalue weighted by atomic mass is 35.5. The molecule has 0 heterocycles. The third-order valence-corrected chi connectivity index (χ3v) is 3.02. The molecule has 0 saturated heterocycles. The van der Waals surface area contributed by atoms with E-state index >= 15 is 0 Å². The van der Waals surface area contributed by atoms with Crippen LogP contribution in [0.5, 0.6) is 5.75 Å². The maximum atomic E-state index is 11.8. The molecule has 5 nitrogen and oxygen atoms in total. The van der Waals surface area contributed by atoms with Crippen LogP contribution < -0.4 is 10.1 Å². The zero-order valence-corrected chi connectivity index (χ0v) is 12.5. The normalized spacial score (nSPS) is 10.0. The number of rotatable bonds is 6. The van der Waals surface area contributed by atoms with Gasteiger partial charge in [0.25, 0.3) is 0 Å². The Morgan fingerprint density at radius 1 is 1.30 bits per heavy atom. The topological polar surface area (TPSA) is 64.6 Å². The van der Waals surface area contributed by atoms with Crippen LogP contribution in [0.15, 0.2) is 12.1 Å². The van der Waals surface area contributed by atoms with Gasteiger partial charge in [-0.1, -0.05) is 11.6 Å². The van der Waals surface area contributed by atoms with Crippen molar-refractivity contribution < 1.29 is 19.1 Å². The summed E-state index contributed by atoms with van der Waals surface area (Å²) in [5.41, 5.74) is 1.36. The number of nitrogens with one attached hydrogen (secondary N) is 1. The monoisotopic (exact) mass is 299 g/mol. The molecular weight excluding hydrogens is 282 g/mol. The van der Waals surface area contributed by atoms with Crippen molar-refractivity contribution >= 4 is 29.2 Å². The van der Waals surface area contributed by atoms with E-state index in [0.29, 0.717) is 23.1 Å². The molecule has 1 aromatic rings. The highest BCUT2D eigenvalue weighted by molar-refractivity contribution is 6.31. The second kappa shape index (κ2) is 7.75. The zero-order chi connectivity index (χ0) is 15.1. The smallest absolute Gasteiger partial charge is 0.306 e. The number of hydrogen-bond acceptors (Lipinski definition) is 4. The number of hydrogen-bond donors (Lipinski definition) is 1. The average Bonchev–Trinajstić information content (AvgIpc) is 2.40. The molecule has 0 bridgehead atoms. The molecule has 1 amide bonds. The molecule has 0 radical (unpaired) electrons. The summed E-state index contributed by atoms with van der Waals surface area (Å²) in [6.07, 6.45) is 0.109. The molecule has 0 aliphatic heterocycles. The minimum absolute atomic E-state index is 0.0502. The Hall–Kier alpha value is -1.75. The molecule has 0 fully saturated rings. The van der Waals surface area contributed by atoms with Crippen LogP contribution in [0.3, 0.4) is 0 Å². The molecule has 0 saturated carbocycles. The van der Waals surface area contributed by atoms with Crippen molar-refractivity contribution in [3.63, 3.8) is 0 Å². The van der Waals surface area contributed by atoms with Crippen molar-refractivity contribution in [2.75, 3.05) is 19.0 Å². The summed E-state index contributed by atoms with van der Waals surface area (Å²) in [5, 5.41) is 3.26. The number of carbonyl (C=O) groups is 2. The van der Waals surface area contributed by atoms with Crippen LogP contribution in [0.1, 0.15) is 25.3 Å². The average molecular weight is 300 g/mol. The summed E-state index contributed by atoms with van der Waals surface area (Å²) in [5.74, 6) is -0.190. The Kier molecular flexibility index (Phi) is 6.31. The molecule has 20 heavy (non-hydrogen) atoms. The van der Waals surface area contributed by atoms with Crippen LogP contribution in [-0.4, -0.2) is 25.6 Å². The summed E-state index contributed by atoms with van der Waals surface area (Å²) in [4.78, 5) is 23.0. The van der Waals surface area contributed by atoms with Gasteiger partial charge in [0.2, 0.25) is 5.91 Å².